The number of esters is 1. The van der Waals surface area contributed by atoms with Gasteiger partial charge in [-0.15, -0.1) is 11.3 Å². The summed E-state index contributed by atoms with van der Waals surface area (Å²) in [6.07, 6.45) is 0. The zero-order valence-corrected chi connectivity index (χ0v) is 12.2. The second-order valence-electron chi connectivity index (χ2n) is 4.16. The lowest BCUT2D eigenvalue weighted by Gasteiger charge is -2.02. The van der Waals surface area contributed by atoms with Gasteiger partial charge >= 0.3 is 5.97 Å². The largest absolute Gasteiger partial charge is 0.462 e. The molecule has 1 aromatic heterocycles. The minimum Gasteiger partial charge on any atom is -0.462 e. The molecule has 104 valence electrons. The minimum absolute atomic E-state index is 0.338. The number of hydrogen-bond acceptors (Lipinski definition) is 4. The van der Waals surface area contributed by atoms with Gasteiger partial charge in [-0.05, 0) is 19.9 Å². The van der Waals surface area contributed by atoms with Crippen LogP contribution in [-0.2, 0) is 4.74 Å². The Morgan fingerprint density at radius 3 is 2.70 bits per heavy atom. The molecule has 0 radical (unpaired) electrons. The third kappa shape index (κ3) is 3.24. The second kappa shape index (κ2) is 6.34. The molecule has 0 amide bonds. The van der Waals surface area contributed by atoms with Gasteiger partial charge in [-0.1, -0.05) is 30.3 Å². The molecule has 0 saturated carbocycles. The molecular formula is C15H16N2O2S. The van der Waals surface area contributed by atoms with Crippen LogP contribution in [0.2, 0.25) is 0 Å². The van der Waals surface area contributed by atoms with Crippen molar-refractivity contribution in [1.82, 2.24) is 0 Å². The molecule has 0 fully saturated rings. The van der Waals surface area contributed by atoms with Crippen molar-refractivity contribution in [2.24, 2.45) is 10.7 Å². The van der Waals surface area contributed by atoms with Crippen molar-refractivity contribution < 1.29 is 9.53 Å². The molecule has 4 nitrogen and oxygen atoms in total. The van der Waals surface area contributed by atoms with Crippen LogP contribution in [0.25, 0.3) is 0 Å². The second-order valence-corrected chi connectivity index (χ2v) is 5.39. The molecule has 0 saturated heterocycles. The molecule has 0 spiro atoms. The van der Waals surface area contributed by atoms with E-state index in [2.05, 4.69) is 4.99 Å². The van der Waals surface area contributed by atoms with Crippen LogP contribution in [0.4, 0.5) is 5.00 Å². The number of rotatable bonds is 4. The van der Waals surface area contributed by atoms with E-state index in [4.69, 9.17) is 10.5 Å². The maximum Gasteiger partial charge on any atom is 0.341 e. The Morgan fingerprint density at radius 1 is 1.35 bits per heavy atom. The summed E-state index contributed by atoms with van der Waals surface area (Å²) in [5.41, 5.74) is 7.28. The molecule has 0 atom stereocenters. The van der Waals surface area contributed by atoms with Crippen LogP contribution >= 0.6 is 11.3 Å². The van der Waals surface area contributed by atoms with Crippen molar-refractivity contribution in [2.75, 3.05) is 6.61 Å². The number of nitrogens with two attached hydrogens (primary N) is 1. The zero-order chi connectivity index (χ0) is 14.5. The first-order valence-corrected chi connectivity index (χ1v) is 7.10. The highest BCUT2D eigenvalue weighted by Gasteiger charge is 2.16. The van der Waals surface area contributed by atoms with Crippen molar-refractivity contribution in [3.8, 4) is 0 Å². The predicted octanol–water partition coefficient (Wildman–Crippen LogP) is 3.27. The fourth-order valence-corrected chi connectivity index (χ4v) is 2.60. The third-order valence-electron chi connectivity index (χ3n) is 2.62. The summed E-state index contributed by atoms with van der Waals surface area (Å²) < 4.78 is 5.03. The smallest absolute Gasteiger partial charge is 0.341 e. The van der Waals surface area contributed by atoms with Crippen molar-refractivity contribution in [3.05, 3.63) is 52.4 Å². The molecule has 0 bridgehead atoms. The zero-order valence-electron chi connectivity index (χ0n) is 11.4. The number of benzene rings is 1. The van der Waals surface area contributed by atoms with Crippen LogP contribution in [0, 0.1) is 6.92 Å². The lowest BCUT2D eigenvalue weighted by molar-refractivity contribution is 0.0528. The van der Waals surface area contributed by atoms with Crippen molar-refractivity contribution in [2.45, 2.75) is 13.8 Å². The van der Waals surface area contributed by atoms with Gasteiger partial charge in [-0.25, -0.2) is 9.79 Å². The fraction of sp³-hybridized carbons (Fsp3) is 0.200. The third-order valence-corrected chi connectivity index (χ3v) is 3.57. The van der Waals surface area contributed by atoms with E-state index in [0.717, 1.165) is 10.4 Å². The number of nitrogens with zero attached hydrogens (tertiary/aromatic N) is 1. The summed E-state index contributed by atoms with van der Waals surface area (Å²) in [6, 6.07) is 11.2. The highest BCUT2D eigenvalue weighted by molar-refractivity contribution is 7.16. The first-order valence-electron chi connectivity index (χ1n) is 6.29. The van der Waals surface area contributed by atoms with E-state index in [1.807, 2.05) is 37.3 Å². The van der Waals surface area contributed by atoms with Gasteiger partial charge in [0.1, 0.15) is 10.8 Å². The Kier molecular flexibility index (Phi) is 4.53. The minimum atomic E-state index is -0.364. The Labute approximate surface area is 121 Å². The van der Waals surface area contributed by atoms with Crippen LogP contribution in [-0.4, -0.2) is 18.4 Å². The highest BCUT2D eigenvalue weighted by Crippen LogP contribution is 2.31. The monoisotopic (exact) mass is 288 g/mol. The molecule has 2 rings (SSSR count). The van der Waals surface area contributed by atoms with Gasteiger partial charge in [0.2, 0.25) is 0 Å². The Bertz CT molecular complexity index is 633. The number of carbonyl (C=O) groups is 1. The van der Waals surface area contributed by atoms with E-state index in [1.165, 1.54) is 11.3 Å². The normalized spacial score (nSPS) is 11.4. The van der Waals surface area contributed by atoms with Gasteiger partial charge in [-0.2, -0.15) is 0 Å². The maximum atomic E-state index is 11.9. The van der Waals surface area contributed by atoms with Crippen LogP contribution < -0.4 is 5.73 Å². The average Bonchev–Trinajstić information content (AvgIpc) is 2.81. The summed E-state index contributed by atoms with van der Waals surface area (Å²) in [6.45, 7) is 4.04. The molecule has 0 unspecified atom stereocenters. The van der Waals surface area contributed by atoms with E-state index < -0.39 is 0 Å². The topological polar surface area (TPSA) is 64.7 Å². The van der Waals surface area contributed by atoms with Gasteiger partial charge in [0.15, 0.2) is 0 Å². The summed E-state index contributed by atoms with van der Waals surface area (Å²) in [5.74, 6) is 0.0226. The Hall–Kier alpha value is -2.14. The molecule has 20 heavy (non-hydrogen) atoms. The van der Waals surface area contributed by atoms with Crippen molar-refractivity contribution >= 4 is 28.1 Å². The summed E-state index contributed by atoms with van der Waals surface area (Å²) in [5, 5.41) is 0.585. The number of ether oxygens (including phenoxy) is 1. The average molecular weight is 288 g/mol. The number of thiophene rings is 1. The molecule has 0 aliphatic carbocycles. The number of amidine groups is 1. The van der Waals surface area contributed by atoms with Crippen LogP contribution in [0.1, 0.15) is 27.7 Å². The molecule has 1 aromatic carbocycles. The number of aliphatic imine (C=N–C) groups is 1. The van der Waals surface area contributed by atoms with E-state index in [0.29, 0.717) is 23.0 Å². The van der Waals surface area contributed by atoms with Crippen molar-refractivity contribution in [3.63, 3.8) is 0 Å². The molecule has 5 heteroatoms. The molecule has 0 aliphatic rings. The van der Waals surface area contributed by atoms with Crippen LogP contribution in [0.3, 0.4) is 0 Å². The van der Waals surface area contributed by atoms with E-state index in [-0.39, 0.29) is 5.97 Å². The molecule has 0 aliphatic heterocycles. The highest BCUT2D eigenvalue weighted by atomic mass is 32.1. The first kappa shape index (κ1) is 14.3. The van der Waals surface area contributed by atoms with Crippen LogP contribution in [0.5, 0.6) is 0 Å². The molecular weight excluding hydrogens is 272 g/mol. The maximum absolute atomic E-state index is 11.9. The van der Waals surface area contributed by atoms with Gasteiger partial charge < -0.3 is 10.5 Å². The van der Waals surface area contributed by atoms with Gasteiger partial charge in [0.25, 0.3) is 0 Å². The number of hydrogen-bond donors (Lipinski definition) is 1. The van der Waals surface area contributed by atoms with E-state index in [9.17, 15) is 4.79 Å². The lowest BCUT2D eigenvalue weighted by atomic mass is 10.2. The molecule has 2 N–H and O–H groups in total. The summed E-state index contributed by atoms with van der Waals surface area (Å²) in [4.78, 5) is 17.2. The lowest BCUT2D eigenvalue weighted by Crippen LogP contribution is -2.12. The predicted molar refractivity (Wildman–Crippen MR) is 81.8 cm³/mol. The SMILES string of the molecule is CCOC(=O)c1cc(C)sc1N=C(N)c1ccccc1. The van der Waals surface area contributed by atoms with Gasteiger partial charge in [0, 0.05) is 10.4 Å². The summed E-state index contributed by atoms with van der Waals surface area (Å²) in [7, 11) is 0. The van der Waals surface area contributed by atoms with Gasteiger partial charge in [0.05, 0.1) is 12.2 Å². The van der Waals surface area contributed by atoms with Gasteiger partial charge in [-0.3, -0.25) is 0 Å². The fourth-order valence-electron chi connectivity index (χ4n) is 1.72. The number of aryl methyl sites for hydroxylation is 1. The standard InChI is InChI=1S/C15H16N2O2S/c1-3-19-15(18)12-9-10(2)20-14(12)17-13(16)11-7-5-4-6-8-11/h4-9H,3H2,1-2H3,(H2,16,17). The van der Waals surface area contributed by atoms with Crippen molar-refractivity contribution in [1.29, 1.82) is 0 Å². The van der Waals surface area contributed by atoms with E-state index in [1.54, 1.807) is 13.0 Å². The first-order chi connectivity index (χ1) is 9.61. The Morgan fingerprint density at radius 2 is 2.05 bits per heavy atom. The molecule has 2 aromatic rings. The molecule has 1 heterocycles. The quantitative estimate of drug-likeness (QED) is 0.533. The van der Waals surface area contributed by atoms with Crippen LogP contribution in [0.15, 0.2) is 41.4 Å². The number of carbonyl (C=O) groups excluding carboxylic acids is 1. The summed E-state index contributed by atoms with van der Waals surface area (Å²) >= 11 is 1.42. The Balaban J connectivity index is 2.36. The van der Waals surface area contributed by atoms with E-state index >= 15 is 0 Å².